The number of ketones is 1. The Bertz CT molecular complexity index is 951. The standard InChI is InChI=1S/C20H17Cl2NO4S/c21-11-5-6-13(14(22)9-11)17-16(18(24)15-4-2-8-28-15)19(25)20(26)23(17)10-12-3-1-7-27-12/h2,4-6,8-9,12,17,25H,1,3,7,10H2/t12-,17+/m1/s1. The van der Waals surface area contributed by atoms with E-state index in [-0.39, 0.29) is 24.0 Å². The monoisotopic (exact) mass is 437 g/mol. The van der Waals surface area contributed by atoms with Crippen LogP contribution in [0.15, 0.2) is 47.0 Å². The van der Waals surface area contributed by atoms with Crippen LogP contribution in [0.4, 0.5) is 0 Å². The fraction of sp³-hybridized carbons (Fsp3) is 0.300. The summed E-state index contributed by atoms with van der Waals surface area (Å²) >= 11 is 13.7. The lowest BCUT2D eigenvalue weighted by atomic mass is 9.95. The number of aliphatic hydroxyl groups excluding tert-OH is 1. The molecule has 0 aliphatic carbocycles. The first-order valence-electron chi connectivity index (χ1n) is 8.86. The first-order chi connectivity index (χ1) is 13.5. The summed E-state index contributed by atoms with van der Waals surface area (Å²) in [5, 5.41) is 13.2. The van der Waals surface area contributed by atoms with Crippen molar-refractivity contribution in [1.29, 1.82) is 0 Å². The molecule has 2 atom stereocenters. The Morgan fingerprint density at radius 3 is 2.79 bits per heavy atom. The SMILES string of the molecule is O=C(C1=C(O)C(=O)N(C[C@H]2CCCO2)[C@H]1c1ccc(Cl)cc1Cl)c1cccs1. The first kappa shape index (κ1) is 19.5. The van der Waals surface area contributed by atoms with E-state index in [1.165, 1.54) is 16.2 Å². The molecule has 5 nitrogen and oxygen atoms in total. The molecule has 28 heavy (non-hydrogen) atoms. The fourth-order valence-corrected chi connectivity index (χ4v) is 4.86. The van der Waals surface area contributed by atoms with E-state index in [9.17, 15) is 14.7 Å². The Hall–Kier alpha value is -1.86. The minimum atomic E-state index is -0.795. The summed E-state index contributed by atoms with van der Waals surface area (Å²) in [4.78, 5) is 27.9. The van der Waals surface area contributed by atoms with Crippen LogP contribution in [-0.4, -0.2) is 41.0 Å². The van der Waals surface area contributed by atoms with Crippen LogP contribution >= 0.6 is 34.5 Å². The Kier molecular flexibility index (Phi) is 5.47. The third kappa shape index (κ3) is 3.46. The fourth-order valence-electron chi connectivity index (χ4n) is 3.67. The highest BCUT2D eigenvalue weighted by atomic mass is 35.5. The van der Waals surface area contributed by atoms with Crippen molar-refractivity contribution in [2.24, 2.45) is 0 Å². The zero-order valence-electron chi connectivity index (χ0n) is 14.7. The maximum atomic E-state index is 13.1. The molecule has 0 spiro atoms. The number of halogens is 2. The van der Waals surface area contributed by atoms with Crippen LogP contribution in [0.25, 0.3) is 0 Å². The molecule has 2 aliphatic rings. The van der Waals surface area contributed by atoms with E-state index in [1.807, 2.05) is 0 Å². The number of hydrogen-bond acceptors (Lipinski definition) is 5. The Morgan fingerprint density at radius 2 is 2.14 bits per heavy atom. The van der Waals surface area contributed by atoms with Gasteiger partial charge in [0.15, 0.2) is 5.76 Å². The number of benzene rings is 1. The number of amides is 1. The van der Waals surface area contributed by atoms with Gasteiger partial charge < -0.3 is 14.7 Å². The second-order valence-corrected chi connectivity index (χ2v) is 8.52. The third-order valence-corrected chi connectivity index (χ3v) is 6.41. The van der Waals surface area contributed by atoms with Crippen molar-refractivity contribution in [2.75, 3.05) is 13.2 Å². The molecule has 0 saturated carbocycles. The van der Waals surface area contributed by atoms with Crippen LogP contribution in [0, 0.1) is 0 Å². The van der Waals surface area contributed by atoms with E-state index in [1.54, 1.807) is 35.7 Å². The van der Waals surface area contributed by atoms with Crippen molar-refractivity contribution in [2.45, 2.75) is 25.0 Å². The van der Waals surface area contributed by atoms with Crippen LogP contribution in [-0.2, 0) is 9.53 Å². The molecular formula is C20H17Cl2NO4S. The van der Waals surface area contributed by atoms with Crippen LogP contribution in [0.3, 0.4) is 0 Å². The van der Waals surface area contributed by atoms with Crippen LogP contribution in [0.2, 0.25) is 10.0 Å². The van der Waals surface area contributed by atoms with Gasteiger partial charge >= 0.3 is 0 Å². The van der Waals surface area contributed by atoms with E-state index >= 15 is 0 Å². The van der Waals surface area contributed by atoms with Gasteiger partial charge in [-0.15, -0.1) is 11.3 Å². The van der Waals surface area contributed by atoms with E-state index in [0.717, 1.165) is 12.8 Å². The van der Waals surface area contributed by atoms with Crippen LogP contribution in [0.1, 0.15) is 34.1 Å². The van der Waals surface area contributed by atoms with Gasteiger partial charge in [0.1, 0.15) is 0 Å². The molecule has 1 amide bonds. The smallest absolute Gasteiger partial charge is 0.290 e. The summed E-state index contributed by atoms with van der Waals surface area (Å²) in [6.45, 7) is 0.910. The molecule has 146 valence electrons. The summed E-state index contributed by atoms with van der Waals surface area (Å²) in [6.07, 6.45) is 1.60. The van der Waals surface area contributed by atoms with E-state index in [4.69, 9.17) is 27.9 Å². The first-order valence-corrected chi connectivity index (χ1v) is 10.5. The molecule has 1 fully saturated rings. The number of aliphatic hydroxyl groups is 1. The number of thiophene rings is 1. The molecular weight excluding hydrogens is 421 g/mol. The molecule has 1 aromatic heterocycles. The Morgan fingerprint density at radius 1 is 1.32 bits per heavy atom. The van der Waals surface area contributed by atoms with Gasteiger partial charge in [-0.3, -0.25) is 9.59 Å². The van der Waals surface area contributed by atoms with Gasteiger partial charge in [0.2, 0.25) is 5.78 Å². The number of rotatable bonds is 5. The van der Waals surface area contributed by atoms with Gasteiger partial charge in [-0.25, -0.2) is 0 Å². The number of ether oxygens (including phenoxy) is 1. The van der Waals surface area contributed by atoms with Gasteiger partial charge in [0.05, 0.1) is 22.6 Å². The van der Waals surface area contributed by atoms with Crippen molar-refractivity contribution < 1.29 is 19.4 Å². The predicted molar refractivity (Wildman–Crippen MR) is 108 cm³/mol. The summed E-state index contributed by atoms with van der Waals surface area (Å²) in [5.41, 5.74) is 0.580. The van der Waals surface area contributed by atoms with Gasteiger partial charge in [0, 0.05) is 23.2 Å². The highest BCUT2D eigenvalue weighted by Gasteiger charge is 2.45. The Balaban J connectivity index is 1.79. The maximum Gasteiger partial charge on any atom is 0.290 e. The number of Topliss-reactive ketones (excluding diaryl/α,β-unsaturated/α-hetero) is 1. The van der Waals surface area contributed by atoms with Gasteiger partial charge in [-0.1, -0.05) is 35.3 Å². The van der Waals surface area contributed by atoms with E-state index < -0.39 is 17.7 Å². The number of hydrogen-bond donors (Lipinski definition) is 1. The largest absolute Gasteiger partial charge is 0.503 e. The minimum absolute atomic E-state index is 0.0367. The molecule has 0 bridgehead atoms. The highest BCUT2D eigenvalue weighted by molar-refractivity contribution is 7.12. The van der Waals surface area contributed by atoms with Gasteiger partial charge in [-0.05, 0) is 42.0 Å². The van der Waals surface area contributed by atoms with Crippen molar-refractivity contribution >= 4 is 46.2 Å². The molecule has 4 rings (SSSR count). The van der Waals surface area contributed by atoms with Crippen molar-refractivity contribution in [3.63, 3.8) is 0 Å². The predicted octanol–water partition coefficient (Wildman–Crippen LogP) is 4.81. The molecule has 8 heteroatoms. The summed E-state index contributed by atoms with van der Waals surface area (Å²) in [5.74, 6) is -1.51. The molecule has 0 unspecified atom stereocenters. The maximum absolute atomic E-state index is 13.1. The summed E-state index contributed by atoms with van der Waals surface area (Å²) < 4.78 is 5.67. The lowest BCUT2D eigenvalue weighted by Crippen LogP contribution is -2.37. The molecule has 1 N–H and O–H groups in total. The molecule has 0 radical (unpaired) electrons. The third-order valence-electron chi connectivity index (χ3n) is 4.97. The van der Waals surface area contributed by atoms with E-state index in [2.05, 4.69) is 0 Å². The normalized spacial score (nSPS) is 22.4. The molecule has 1 aromatic carbocycles. The topological polar surface area (TPSA) is 66.8 Å². The average Bonchev–Trinajstić information content (AvgIpc) is 3.40. The molecule has 3 heterocycles. The molecule has 2 aliphatic heterocycles. The minimum Gasteiger partial charge on any atom is -0.503 e. The average molecular weight is 438 g/mol. The molecule has 1 saturated heterocycles. The summed E-state index contributed by atoms with van der Waals surface area (Å²) in [7, 11) is 0. The number of nitrogens with zero attached hydrogens (tertiary/aromatic N) is 1. The molecule has 2 aromatic rings. The van der Waals surface area contributed by atoms with Crippen molar-refractivity contribution in [1.82, 2.24) is 4.90 Å². The number of carbonyl (C=O) groups is 2. The quantitative estimate of drug-likeness (QED) is 0.681. The second kappa shape index (κ2) is 7.87. The lowest BCUT2D eigenvalue weighted by Gasteiger charge is -2.29. The van der Waals surface area contributed by atoms with Gasteiger partial charge in [0.25, 0.3) is 5.91 Å². The Labute approximate surface area is 176 Å². The zero-order valence-corrected chi connectivity index (χ0v) is 17.1. The van der Waals surface area contributed by atoms with E-state index in [0.29, 0.717) is 27.1 Å². The second-order valence-electron chi connectivity index (χ2n) is 6.73. The van der Waals surface area contributed by atoms with Crippen molar-refractivity contribution in [3.8, 4) is 0 Å². The number of carbonyl (C=O) groups excluding carboxylic acids is 2. The highest BCUT2D eigenvalue weighted by Crippen LogP contribution is 2.43. The van der Waals surface area contributed by atoms with Crippen molar-refractivity contribution in [3.05, 3.63) is 67.5 Å². The van der Waals surface area contributed by atoms with Crippen LogP contribution < -0.4 is 0 Å². The van der Waals surface area contributed by atoms with Crippen LogP contribution in [0.5, 0.6) is 0 Å². The zero-order chi connectivity index (χ0) is 19.8. The lowest BCUT2D eigenvalue weighted by molar-refractivity contribution is -0.131. The van der Waals surface area contributed by atoms with Gasteiger partial charge in [-0.2, -0.15) is 0 Å². The summed E-state index contributed by atoms with van der Waals surface area (Å²) in [6, 6.07) is 7.53.